The molecule has 3 aromatic carbocycles. The number of hydroxylamine groups is 1. The Labute approximate surface area is 344 Å². The van der Waals surface area contributed by atoms with Gasteiger partial charge in [0.25, 0.3) is 15.9 Å². The molecule has 3 rings (SSSR count). The van der Waals surface area contributed by atoms with Crippen LogP contribution in [0, 0.1) is 12.3 Å². The molecule has 0 aromatic heterocycles. The summed E-state index contributed by atoms with van der Waals surface area (Å²) < 4.78 is 32.8. The van der Waals surface area contributed by atoms with Crippen LogP contribution in [0.15, 0.2) is 83.8 Å². The van der Waals surface area contributed by atoms with Crippen molar-refractivity contribution in [2.24, 2.45) is 5.73 Å². The number of Topliss-reactive ketones (excluding diaryl/α,β-unsaturated/α-hetero) is 1. The van der Waals surface area contributed by atoms with E-state index in [1.54, 1.807) is 36.4 Å². The van der Waals surface area contributed by atoms with Gasteiger partial charge in [-0.1, -0.05) is 97.6 Å². The second kappa shape index (κ2) is 23.3. The van der Waals surface area contributed by atoms with E-state index in [0.29, 0.717) is 37.9 Å². The molecular weight excluding hydrogens is 795 g/mol. The number of guanidine groups is 1. The number of carbonyl (C=O) groups is 4. The maximum Gasteiger partial charge on any atom is 0.329 e. The van der Waals surface area contributed by atoms with Gasteiger partial charge in [-0.25, -0.2) is 12.7 Å². The fourth-order valence-corrected chi connectivity index (χ4v) is 7.18. The number of aryl methyl sites for hydroxylation is 1. The van der Waals surface area contributed by atoms with Crippen LogP contribution in [0.2, 0.25) is 10.0 Å². The van der Waals surface area contributed by atoms with Crippen molar-refractivity contribution >= 4 is 62.8 Å². The minimum absolute atomic E-state index is 0.0229. The van der Waals surface area contributed by atoms with E-state index in [1.165, 1.54) is 24.3 Å². The third-order valence-corrected chi connectivity index (χ3v) is 11.4. The zero-order chi connectivity index (χ0) is 42.0. The largest absolute Gasteiger partial charge is 0.482 e. The Balaban J connectivity index is 1.44. The van der Waals surface area contributed by atoms with E-state index in [4.69, 9.17) is 43.9 Å². The fraction of sp³-hybridized carbons (Fsp3) is 0.375. The molecule has 0 bridgehead atoms. The lowest BCUT2D eigenvalue weighted by Gasteiger charge is -2.24. The van der Waals surface area contributed by atoms with Crippen molar-refractivity contribution in [3.8, 4) is 5.75 Å². The number of hydrogen-bond donors (Lipinski definition) is 5. The maximum atomic E-state index is 13.2. The number of halogens is 2. The van der Waals surface area contributed by atoms with Gasteiger partial charge in [-0.2, -0.15) is 0 Å². The molecule has 1 atom stereocenters. The number of hydrogen-bond acceptors (Lipinski definition) is 10. The molecule has 308 valence electrons. The number of allylic oxidation sites excluding steroid dienone is 1. The SMILES string of the molecule is C=C(CC)C(=O)c1ccc(OCC(=O)NCCCCCCNC(=O)C(CCCN(C(=N)N)S(=O)(=O)c2ccc(C)cc2)NOC(=O)Cc2ccccc2)c(Cl)c1Cl. The number of sulfonamides is 1. The van der Waals surface area contributed by atoms with Crippen LogP contribution in [0.5, 0.6) is 5.75 Å². The Hall–Kier alpha value is -4.96. The summed E-state index contributed by atoms with van der Waals surface area (Å²) in [5, 5.41) is 13.6. The molecule has 0 radical (unpaired) electrons. The first kappa shape index (κ1) is 46.4. The summed E-state index contributed by atoms with van der Waals surface area (Å²) in [5.41, 5.74) is 10.4. The molecule has 0 saturated carbocycles. The molecule has 6 N–H and O–H groups in total. The summed E-state index contributed by atoms with van der Waals surface area (Å²) in [6.07, 6.45) is 3.39. The van der Waals surface area contributed by atoms with E-state index < -0.39 is 33.9 Å². The second-order valence-electron chi connectivity index (χ2n) is 13.1. The van der Waals surface area contributed by atoms with Gasteiger partial charge in [-0.05, 0) is 74.4 Å². The highest BCUT2D eigenvalue weighted by Crippen LogP contribution is 2.35. The number of unbranched alkanes of at least 4 members (excludes halogenated alkanes) is 3. The molecule has 0 aliphatic heterocycles. The quantitative estimate of drug-likeness (QED) is 0.0187. The first-order valence-corrected chi connectivity index (χ1v) is 20.7. The maximum absolute atomic E-state index is 13.2. The summed E-state index contributed by atoms with van der Waals surface area (Å²) in [6.45, 7) is 7.58. The van der Waals surface area contributed by atoms with Gasteiger partial charge in [0, 0.05) is 25.2 Å². The van der Waals surface area contributed by atoms with E-state index in [1.807, 2.05) is 19.9 Å². The molecule has 3 aromatic rings. The van der Waals surface area contributed by atoms with Gasteiger partial charge in [0.2, 0.25) is 11.9 Å². The number of nitrogens with two attached hydrogens (primary N) is 1. The van der Waals surface area contributed by atoms with Crippen molar-refractivity contribution in [2.45, 2.75) is 76.2 Å². The first-order valence-electron chi connectivity index (χ1n) is 18.5. The smallest absolute Gasteiger partial charge is 0.329 e. The van der Waals surface area contributed by atoms with Gasteiger partial charge in [0.05, 0.1) is 16.3 Å². The van der Waals surface area contributed by atoms with E-state index in [2.05, 4.69) is 22.7 Å². The number of benzene rings is 3. The van der Waals surface area contributed by atoms with Gasteiger partial charge < -0.3 is 25.9 Å². The predicted octanol–water partition coefficient (Wildman–Crippen LogP) is 5.65. The summed E-state index contributed by atoms with van der Waals surface area (Å²) in [4.78, 5) is 55.7. The van der Waals surface area contributed by atoms with Crippen molar-refractivity contribution in [2.75, 3.05) is 26.2 Å². The number of nitrogens with one attached hydrogen (secondary N) is 4. The molecule has 57 heavy (non-hydrogen) atoms. The van der Waals surface area contributed by atoms with Gasteiger partial charge in [0.15, 0.2) is 12.4 Å². The highest BCUT2D eigenvalue weighted by molar-refractivity contribution is 7.89. The Bertz CT molecular complexity index is 1980. The molecule has 17 heteroatoms. The lowest BCUT2D eigenvalue weighted by molar-refractivity contribution is -0.154. The first-order chi connectivity index (χ1) is 27.1. The van der Waals surface area contributed by atoms with Gasteiger partial charge in [-0.15, -0.1) is 5.48 Å². The molecular formula is C40H50Cl2N6O8S. The van der Waals surface area contributed by atoms with Crippen molar-refractivity contribution in [1.29, 1.82) is 5.41 Å². The van der Waals surface area contributed by atoms with E-state index in [0.717, 1.165) is 28.3 Å². The normalized spacial score (nSPS) is 11.6. The highest BCUT2D eigenvalue weighted by atomic mass is 35.5. The topological polar surface area (TPSA) is 210 Å². The van der Waals surface area contributed by atoms with Gasteiger partial charge in [0.1, 0.15) is 16.8 Å². The fourth-order valence-electron chi connectivity index (χ4n) is 5.36. The lowest BCUT2D eigenvalue weighted by atomic mass is 10.0. The van der Waals surface area contributed by atoms with E-state index in [9.17, 15) is 27.6 Å². The Morgan fingerprint density at radius 1 is 0.895 bits per heavy atom. The Morgan fingerprint density at radius 2 is 1.54 bits per heavy atom. The summed E-state index contributed by atoms with van der Waals surface area (Å²) in [7, 11) is -4.13. The monoisotopic (exact) mass is 844 g/mol. The minimum Gasteiger partial charge on any atom is -0.482 e. The number of rotatable bonds is 24. The van der Waals surface area contributed by atoms with Gasteiger partial charge >= 0.3 is 5.97 Å². The van der Waals surface area contributed by atoms with E-state index in [-0.39, 0.29) is 70.4 Å². The molecule has 0 heterocycles. The van der Waals surface area contributed by atoms with Crippen LogP contribution in [-0.4, -0.2) is 74.5 Å². The molecule has 2 amide bonds. The summed E-state index contributed by atoms with van der Waals surface area (Å²) in [6, 6.07) is 17.0. The minimum atomic E-state index is -4.13. The molecule has 14 nitrogen and oxygen atoms in total. The van der Waals surface area contributed by atoms with Crippen LogP contribution in [-0.2, 0) is 35.7 Å². The summed E-state index contributed by atoms with van der Waals surface area (Å²) in [5.74, 6) is -2.24. The van der Waals surface area contributed by atoms with Gasteiger partial charge in [-0.3, -0.25) is 24.6 Å². The van der Waals surface area contributed by atoms with Crippen molar-refractivity contribution in [3.63, 3.8) is 0 Å². The number of ketones is 1. The van der Waals surface area contributed by atoms with Crippen LogP contribution in [0.1, 0.15) is 73.4 Å². The van der Waals surface area contributed by atoms with E-state index >= 15 is 0 Å². The average Bonchev–Trinajstić information content (AvgIpc) is 3.18. The molecule has 0 spiro atoms. The molecule has 0 fully saturated rings. The van der Waals surface area contributed by atoms with Crippen molar-refractivity contribution in [3.05, 3.63) is 106 Å². The zero-order valence-corrected chi connectivity index (χ0v) is 34.4. The van der Waals surface area contributed by atoms with Crippen LogP contribution in [0.3, 0.4) is 0 Å². The molecule has 0 saturated heterocycles. The average molecular weight is 846 g/mol. The third kappa shape index (κ3) is 14.8. The lowest BCUT2D eigenvalue weighted by Crippen LogP contribution is -2.46. The van der Waals surface area contributed by atoms with Crippen LogP contribution >= 0.6 is 23.2 Å². The third-order valence-electron chi connectivity index (χ3n) is 8.68. The summed E-state index contributed by atoms with van der Waals surface area (Å²) >= 11 is 12.6. The number of nitrogens with zero attached hydrogens (tertiary/aromatic N) is 1. The number of ether oxygens (including phenoxy) is 1. The standard InChI is InChI=1S/C40H50Cl2N6O8S/c1-4-28(3)38(51)31-20-21-33(37(42)36(31)41)55-26-34(49)45-22-10-5-6-11-23-46-39(52)32(47-56-35(50)25-29-13-8-7-9-14-29)15-12-24-48(40(43)44)57(53,54)30-18-16-27(2)17-19-30/h7-9,13-14,16-21,32,47H,3-6,10-12,15,22-26H2,1-2H3,(H3,43,44)(H,45,49)(H,46,52). The Morgan fingerprint density at radius 3 is 2.18 bits per heavy atom. The second-order valence-corrected chi connectivity index (χ2v) is 15.7. The highest BCUT2D eigenvalue weighted by Gasteiger charge is 2.27. The number of amides is 2. The van der Waals surface area contributed by atoms with Crippen LogP contribution in [0.25, 0.3) is 0 Å². The van der Waals surface area contributed by atoms with Crippen molar-refractivity contribution < 1.29 is 37.2 Å². The molecule has 0 aliphatic carbocycles. The van der Waals surface area contributed by atoms with Crippen LogP contribution in [0.4, 0.5) is 0 Å². The number of carbonyl (C=O) groups excluding carboxylic acids is 4. The van der Waals surface area contributed by atoms with Crippen molar-refractivity contribution in [1.82, 2.24) is 20.4 Å². The van der Waals surface area contributed by atoms with Crippen LogP contribution < -0.4 is 26.6 Å². The molecule has 1 unspecified atom stereocenters. The zero-order valence-electron chi connectivity index (χ0n) is 32.1. The predicted molar refractivity (Wildman–Crippen MR) is 220 cm³/mol. The Kier molecular flexibility index (Phi) is 19.0. The molecule has 0 aliphatic rings.